The van der Waals surface area contributed by atoms with Crippen molar-refractivity contribution in [1.82, 2.24) is 5.32 Å². The van der Waals surface area contributed by atoms with E-state index in [0.29, 0.717) is 0 Å². The molecule has 120 valence electrons. The Labute approximate surface area is 138 Å². The number of fused-ring (bicyclic) bond motifs is 1. The third-order valence-corrected chi connectivity index (χ3v) is 4.66. The van der Waals surface area contributed by atoms with Crippen LogP contribution >= 0.6 is 0 Å². The topological polar surface area (TPSA) is 29.1 Å². The molecule has 0 aromatic heterocycles. The molecule has 0 saturated heterocycles. The molecule has 0 radical (unpaired) electrons. The summed E-state index contributed by atoms with van der Waals surface area (Å²) in [7, 11) is 0. The normalized spacial score (nSPS) is 13.4. The number of carbonyl (C=O) groups excluding carboxylic acids is 1. The summed E-state index contributed by atoms with van der Waals surface area (Å²) in [4.78, 5) is 12.3. The van der Waals surface area contributed by atoms with Crippen molar-refractivity contribution in [2.24, 2.45) is 0 Å². The van der Waals surface area contributed by atoms with Crippen LogP contribution in [0.3, 0.4) is 0 Å². The molecular formula is C21H25NO. The highest BCUT2D eigenvalue weighted by molar-refractivity contribution is 5.94. The van der Waals surface area contributed by atoms with Gasteiger partial charge in [-0.1, -0.05) is 35.9 Å². The standard InChI is InChI=1S/C21H25NO/c1-16-8-10-17(11-9-16)5-4-14-22-21(23)20-13-12-18-6-2-3-7-19(18)15-20/h8-13,15H,2-7,14H2,1H3,(H,22,23). The minimum Gasteiger partial charge on any atom is -0.352 e. The van der Waals surface area contributed by atoms with Crippen molar-refractivity contribution >= 4 is 5.91 Å². The Morgan fingerprint density at radius 3 is 2.52 bits per heavy atom. The molecule has 0 aliphatic heterocycles. The van der Waals surface area contributed by atoms with Crippen LogP contribution < -0.4 is 5.32 Å². The van der Waals surface area contributed by atoms with E-state index in [2.05, 4.69) is 48.6 Å². The maximum absolute atomic E-state index is 12.3. The highest BCUT2D eigenvalue weighted by Gasteiger charge is 2.12. The lowest BCUT2D eigenvalue weighted by atomic mass is 9.90. The van der Waals surface area contributed by atoms with Crippen LogP contribution in [-0.2, 0) is 19.3 Å². The summed E-state index contributed by atoms with van der Waals surface area (Å²) in [6.07, 6.45) is 6.77. The van der Waals surface area contributed by atoms with E-state index in [1.165, 1.54) is 35.1 Å². The fourth-order valence-electron chi connectivity index (χ4n) is 3.23. The predicted octanol–water partition coefficient (Wildman–Crippen LogP) is 4.24. The molecule has 0 heterocycles. The average molecular weight is 307 g/mol. The van der Waals surface area contributed by atoms with Crippen molar-refractivity contribution in [3.05, 3.63) is 70.3 Å². The quantitative estimate of drug-likeness (QED) is 0.823. The van der Waals surface area contributed by atoms with Gasteiger partial charge in [-0.15, -0.1) is 0 Å². The van der Waals surface area contributed by atoms with Gasteiger partial charge in [0.1, 0.15) is 0 Å². The Bertz CT molecular complexity index is 673. The Hall–Kier alpha value is -2.09. The Balaban J connectivity index is 1.48. The minimum absolute atomic E-state index is 0.0577. The fraction of sp³-hybridized carbons (Fsp3) is 0.381. The molecule has 2 heteroatoms. The molecule has 0 spiro atoms. The fourth-order valence-corrected chi connectivity index (χ4v) is 3.23. The Morgan fingerprint density at radius 1 is 1.00 bits per heavy atom. The van der Waals surface area contributed by atoms with Gasteiger partial charge in [-0.25, -0.2) is 0 Å². The summed E-state index contributed by atoms with van der Waals surface area (Å²) < 4.78 is 0. The van der Waals surface area contributed by atoms with Crippen molar-refractivity contribution < 1.29 is 4.79 Å². The Morgan fingerprint density at radius 2 is 1.74 bits per heavy atom. The van der Waals surface area contributed by atoms with Crippen LogP contribution in [0.5, 0.6) is 0 Å². The SMILES string of the molecule is Cc1ccc(CCCNC(=O)c2ccc3c(c2)CCCC3)cc1. The molecule has 2 aromatic carbocycles. The van der Waals surface area contributed by atoms with E-state index in [1.54, 1.807) is 0 Å². The first-order valence-corrected chi connectivity index (χ1v) is 8.68. The number of aryl methyl sites for hydroxylation is 4. The summed E-state index contributed by atoms with van der Waals surface area (Å²) in [6.45, 7) is 2.83. The largest absolute Gasteiger partial charge is 0.352 e. The zero-order valence-corrected chi connectivity index (χ0v) is 13.9. The van der Waals surface area contributed by atoms with E-state index in [-0.39, 0.29) is 5.91 Å². The van der Waals surface area contributed by atoms with E-state index >= 15 is 0 Å². The summed E-state index contributed by atoms with van der Waals surface area (Å²) in [5.74, 6) is 0.0577. The first-order valence-electron chi connectivity index (χ1n) is 8.68. The van der Waals surface area contributed by atoms with Gasteiger partial charge in [0, 0.05) is 12.1 Å². The number of hydrogen-bond acceptors (Lipinski definition) is 1. The second kappa shape index (κ2) is 7.45. The second-order valence-electron chi connectivity index (χ2n) is 6.54. The molecule has 23 heavy (non-hydrogen) atoms. The molecular weight excluding hydrogens is 282 g/mol. The lowest BCUT2D eigenvalue weighted by Gasteiger charge is -2.16. The summed E-state index contributed by atoms with van der Waals surface area (Å²) in [5, 5.41) is 3.05. The van der Waals surface area contributed by atoms with E-state index in [4.69, 9.17) is 0 Å². The first kappa shape index (κ1) is 15.8. The maximum atomic E-state index is 12.3. The predicted molar refractivity (Wildman–Crippen MR) is 94.9 cm³/mol. The molecule has 1 amide bonds. The third kappa shape index (κ3) is 4.22. The van der Waals surface area contributed by atoms with Crippen LogP contribution in [0.2, 0.25) is 0 Å². The Kier molecular flexibility index (Phi) is 5.12. The van der Waals surface area contributed by atoms with Crippen molar-refractivity contribution in [3.8, 4) is 0 Å². The van der Waals surface area contributed by atoms with Crippen molar-refractivity contribution in [2.45, 2.75) is 45.4 Å². The average Bonchev–Trinajstić information content (AvgIpc) is 2.59. The zero-order chi connectivity index (χ0) is 16.1. The molecule has 0 unspecified atom stereocenters. The van der Waals surface area contributed by atoms with E-state index in [9.17, 15) is 4.79 Å². The molecule has 1 N–H and O–H groups in total. The van der Waals surface area contributed by atoms with Gasteiger partial charge in [0.2, 0.25) is 0 Å². The monoisotopic (exact) mass is 307 g/mol. The van der Waals surface area contributed by atoms with Crippen LogP contribution in [0.4, 0.5) is 0 Å². The number of hydrogen-bond donors (Lipinski definition) is 1. The number of carbonyl (C=O) groups is 1. The van der Waals surface area contributed by atoms with Crippen LogP contribution in [0.1, 0.15) is 51.9 Å². The van der Waals surface area contributed by atoms with Gasteiger partial charge in [0.25, 0.3) is 5.91 Å². The second-order valence-corrected chi connectivity index (χ2v) is 6.54. The van der Waals surface area contributed by atoms with Crippen LogP contribution in [0, 0.1) is 6.92 Å². The van der Waals surface area contributed by atoms with Gasteiger partial charge >= 0.3 is 0 Å². The molecule has 2 nitrogen and oxygen atoms in total. The van der Waals surface area contributed by atoms with Crippen LogP contribution in [0.15, 0.2) is 42.5 Å². The number of amides is 1. The molecule has 1 aliphatic carbocycles. The highest BCUT2D eigenvalue weighted by atomic mass is 16.1. The van der Waals surface area contributed by atoms with Gasteiger partial charge in [0.15, 0.2) is 0 Å². The molecule has 0 saturated carbocycles. The van der Waals surface area contributed by atoms with Gasteiger partial charge in [-0.2, -0.15) is 0 Å². The van der Waals surface area contributed by atoms with Gasteiger partial charge in [-0.05, 0) is 74.3 Å². The van der Waals surface area contributed by atoms with Crippen molar-refractivity contribution in [2.75, 3.05) is 6.54 Å². The molecule has 1 aliphatic rings. The van der Waals surface area contributed by atoms with Gasteiger partial charge in [-0.3, -0.25) is 4.79 Å². The maximum Gasteiger partial charge on any atom is 0.251 e. The molecule has 3 rings (SSSR count). The third-order valence-electron chi connectivity index (χ3n) is 4.66. The number of benzene rings is 2. The van der Waals surface area contributed by atoms with Gasteiger partial charge < -0.3 is 5.32 Å². The molecule has 0 fully saturated rings. The lowest BCUT2D eigenvalue weighted by Crippen LogP contribution is -2.25. The van der Waals surface area contributed by atoms with Gasteiger partial charge in [0.05, 0.1) is 0 Å². The first-order chi connectivity index (χ1) is 11.2. The summed E-state index contributed by atoms with van der Waals surface area (Å²) in [5.41, 5.74) is 6.21. The summed E-state index contributed by atoms with van der Waals surface area (Å²) >= 11 is 0. The van der Waals surface area contributed by atoms with E-state index in [1.807, 2.05) is 6.07 Å². The molecule has 0 bridgehead atoms. The van der Waals surface area contributed by atoms with E-state index < -0.39 is 0 Å². The minimum atomic E-state index is 0.0577. The number of rotatable bonds is 5. The lowest BCUT2D eigenvalue weighted by molar-refractivity contribution is 0.0953. The molecule has 0 atom stereocenters. The van der Waals surface area contributed by atoms with Crippen molar-refractivity contribution in [3.63, 3.8) is 0 Å². The van der Waals surface area contributed by atoms with E-state index in [0.717, 1.165) is 37.8 Å². The van der Waals surface area contributed by atoms with Crippen LogP contribution in [-0.4, -0.2) is 12.5 Å². The zero-order valence-electron chi connectivity index (χ0n) is 13.9. The molecule has 2 aromatic rings. The number of nitrogens with one attached hydrogen (secondary N) is 1. The van der Waals surface area contributed by atoms with Crippen LogP contribution in [0.25, 0.3) is 0 Å². The van der Waals surface area contributed by atoms with Crippen molar-refractivity contribution in [1.29, 1.82) is 0 Å². The smallest absolute Gasteiger partial charge is 0.251 e. The summed E-state index contributed by atoms with van der Waals surface area (Å²) in [6, 6.07) is 14.8. The highest BCUT2D eigenvalue weighted by Crippen LogP contribution is 2.22.